The van der Waals surface area contributed by atoms with Gasteiger partial charge in [-0.2, -0.15) is 0 Å². The zero-order valence-electron chi connectivity index (χ0n) is 13.5. The first-order chi connectivity index (χ1) is 10.6. The van der Waals surface area contributed by atoms with Crippen LogP contribution in [0.1, 0.15) is 38.8 Å². The van der Waals surface area contributed by atoms with Gasteiger partial charge in [0, 0.05) is 23.7 Å². The lowest BCUT2D eigenvalue weighted by Crippen LogP contribution is -2.28. The number of rotatable bonds is 6. The molecule has 0 amide bonds. The summed E-state index contributed by atoms with van der Waals surface area (Å²) in [5, 5.41) is 0. The number of nitrogens with zero attached hydrogens (tertiary/aromatic N) is 1. The third kappa shape index (κ3) is 3.07. The summed E-state index contributed by atoms with van der Waals surface area (Å²) in [6.45, 7) is 6.92. The summed E-state index contributed by atoms with van der Waals surface area (Å²) in [5.41, 5.74) is 8.12. The van der Waals surface area contributed by atoms with Gasteiger partial charge in [0.2, 0.25) is 0 Å². The van der Waals surface area contributed by atoms with E-state index in [4.69, 9.17) is 10.5 Å². The third-order valence-electron chi connectivity index (χ3n) is 3.91. The fraction of sp³-hybridized carbons (Fsp3) is 0.389. The Morgan fingerprint density at radius 3 is 2.55 bits per heavy atom. The van der Waals surface area contributed by atoms with Gasteiger partial charge >= 0.3 is 0 Å². The van der Waals surface area contributed by atoms with Gasteiger partial charge in [0.15, 0.2) is 0 Å². The summed E-state index contributed by atoms with van der Waals surface area (Å²) in [5.74, 6) is 0.793. The molecule has 1 aromatic heterocycles. The van der Waals surface area contributed by atoms with E-state index in [-0.39, 0.29) is 18.1 Å². The summed E-state index contributed by atoms with van der Waals surface area (Å²) in [4.78, 5) is 12.7. The van der Waals surface area contributed by atoms with Crippen molar-refractivity contribution in [1.82, 2.24) is 4.57 Å². The predicted molar refractivity (Wildman–Crippen MR) is 90.2 cm³/mol. The molecule has 2 aromatic rings. The largest absolute Gasteiger partial charge is 0.493 e. The maximum absolute atomic E-state index is 12.7. The van der Waals surface area contributed by atoms with Gasteiger partial charge in [-0.1, -0.05) is 25.1 Å². The van der Waals surface area contributed by atoms with E-state index < -0.39 is 0 Å². The molecule has 0 aliphatic rings. The summed E-state index contributed by atoms with van der Waals surface area (Å²) >= 11 is 0. The molecule has 22 heavy (non-hydrogen) atoms. The van der Waals surface area contributed by atoms with E-state index >= 15 is 0 Å². The molecule has 0 saturated carbocycles. The molecule has 1 aromatic carbocycles. The Hall–Kier alpha value is -2.07. The molecule has 4 heteroatoms. The van der Waals surface area contributed by atoms with Crippen LogP contribution >= 0.6 is 0 Å². The lowest BCUT2D eigenvalue weighted by atomic mass is 10.1. The van der Waals surface area contributed by atoms with Gasteiger partial charge in [-0.3, -0.25) is 4.79 Å². The van der Waals surface area contributed by atoms with Crippen LogP contribution in [-0.2, 0) is 6.54 Å². The van der Waals surface area contributed by atoms with Crippen molar-refractivity contribution in [2.24, 2.45) is 5.73 Å². The molecule has 0 bridgehead atoms. The molecular formula is C18H24N2O2. The molecule has 0 fully saturated rings. The lowest BCUT2D eigenvalue weighted by molar-refractivity contribution is 0.341. The van der Waals surface area contributed by atoms with Gasteiger partial charge in [-0.15, -0.1) is 0 Å². The number of pyridine rings is 1. The first-order valence-corrected chi connectivity index (χ1v) is 7.80. The fourth-order valence-corrected chi connectivity index (χ4v) is 2.55. The number of ether oxygens (including phenoxy) is 1. The van der Waals surface area contributed by atoms with Crippen molar-refractivity contribution >= 4 is 0 Å². The van der Waals surface area contributed by atoms with Crippen molar-refractivity contribution < 1.29 is 4.74 Å². The van der Waals surface area contributed by atoms with E-state index in [0.717, 1.165) is 23.4 Å². The molecule has 0 spiro atoms. The van der Waals surface area contributed by atoms with Crippen LogP contribution in [0.15, 0.2) is 41.2 Å². The van der Waals surface area contributed by atoms with Gasteiger partial charge in [-0.05, 0) is 38.5 Å². The van der Waals surface area contributed by atoms with Crippen molar-refractivity contribution in [2.75, 3.05) is 6.61 Å². The average molecular weight is 300 g/mol. The molecule has 118 valence electrons. The van der Waals surface area contributed by atoms with Crippen LogP contribution in [0.5, 0.6) is 5.75 Å². The second kappa shape index (κ2) is 7.27. The van der Waals surface area contributed by atoms with E-state index in [0.29, 0.717) is 12.2 Å². The molecule has 2 N–H and O–H groups in total. The van der Waals surface area contributed by atoms with Gasteiger partial charge in [0.25, 0.3) is 5.56 Å². The van der Waals surface area contributed by atoms with Gasteiger partial charge in [0.05, 0.1) is 12.3 Å². The Kier molecular flexibility index (Phi) is 5.39. The topological polar surface area (TPSA) is 57.2 Å². The summed E-state index contributed by atoms with van der Waals surface area (Å²) in [6.07, 6.45) is 0.873. The molecule has 0 aliphatic carbocycles. The van der Waals surface area contributed by atoms with Gasteiger partial charge in [0.1, 0.15) is 5.75 Å². The Morgan fingerprint density at radius 2 is 1.91 bits per heavy atom. The number of nitrogens with two attached hydrogens (primary N) is 1. The number of para-hydroxylation sites is 1. The SMILES string of the molecule is CCOc1ccccc1-c1ccc(CN)c(=O)n1C(C)CC. The van der Waals surface area contributed by atoms with E-state index in [1.165, 1.54) is 0 Å². The van der Waals surface area contributed by atoms with E-state index in [9.17, 15) is 4.79 Å². The van der Waals surface area contributed by atoms with E-state index in [1.54, 1.807) is 0 Å². The molecule has 0 saturated heterocycles. The van der Waals surface area contributed by atoms with Gasteiger partial charge in [-0.25, -0.2) is 0 Å². The molecule has 0 radical (unpaired) electrons. The molecule has 4 nitrogen and oxygen atoms in total. The van der Waals surface area contributed by atoms with Crippen LogP contribution in [0.3, 0.4) is 0 Å². The molecule has 2 rings (SSSR count). The first-order valence-electron chi connectivity index (χ1n) is 7.80. The number of hydrogen-bond acceptors (Lipinski definition) is 3. The summed E-state index contributed by atoms with van der Waals surface area (Å²) in [7, 11) is 0. The normalized spacial score (nSPS) is 12.2. The molecule has 0 aliphatic heterocycles. The Morgan fingerprint density at radius 1 is 1.18 bits per heavy atom. The quantitative estimate of drug-likeness (QED) is 0.890. The molecule has 1 atom stereocenters. The standard InChI is InChI=1S/C18H24N2O2/c1-4-13(3)20-16(11-10-14(12-19)18(20)21)15-8-6-7-9-17(15)22-5-2/h6-11,13H,4-5,12,19H2,1-3H3. The minimum Gasteiger partial charge on any atom is -0.493 e. The third-order valence-corrected chi connectivity index (χ3v) is 3.91. The Labute approximate surface area is 131 Å². The number of aromatic nitrogens is 1. The lowest BCUT2D eigenvalue weighted by Gasteiger charge is -2.21. The molecule has 1 unspecified atom stereocenters. The Balaban J connectivity index is 2.70. The second-order valence-corrected chi connectivity index (χ2v) is 5.31. The highest BCUT2D eigenvalue weighted by molar-refractivity contribution is 5.67. The Bertz CT molecular complexity index is 692. The average Bonchev–Trinajstić information content (AvgIpc) is 2.54. The highest BCUT2D eigenvalue weighted by atomic mass is 16.5. The van der Waals surface area contributed by atoms with Crippen LogP contribution in [-0.4, -0.2) is 11.2 Å². The maximum atomic E-state index is 12.7. The van der Waals surface area contributed by atoms with Crippen molar-refractivity contribution in [3.8, 4) is 17.0 Å². The number of benzene rings is 1. The molecule has 1 heterocycles. The van der Waals surface area contributed by atoms with E-state index in [1.807, 2.05) is 47.9 Å². The monoisotopic (exact) mass is 300 g/mol. The molecular weight excluding hydrogens is 276 g/mol. The van der Waals surface area contributed by atoms with Crippen molar-refractivity contribution in [2.45, 2.75) is 39.8 Å². The summed E-state index contributed by atoms with van der Waals surface area (Å²) in [6, 6.07) is 11.7. The maximum Gasteiger partial charge on any atom is 0.255 e. The summed E-state index contributed by atoms with van der Waals surface area (Å²) < 4.78 is 7.55. The van der Waals surface area contributed by atoms with Crippen LogP contribution in [0.25, 0.3) is 11.3 Å². The zero-order chi connectivity index (χ0) is 16.1. The van der Waals surface area contributed by atoms with Crippen LogP contribution < -0.4 is 16.0 Å². The zero-order valence-corrected chi connectivity index (χ0v) is 13.5. The fourth-order valence-electron chi connectivity index (χ4n) is 2.55. The van der Waals surface area contributed by atoms with Crippen molar-refractivity contribution in [1.29, 1.82) is 0 Å². The van der Waals surface area contributed by atoms with Crippen LogP contribution in [0.2, 0.25) is 0 Å². The second-order valence-electron chi connectivity index (χ2n) is 5.31. The highest BCUT2D eigenvalue weighted by Gasteiger charge is 2.16. The van der Waals surface area contributed by atoms with Gasteiger partial charge < -0.3 is 15.0 Å². The minimum absolute atomic E-state index is 0.0133. The highest BCUT2D eigenvalue weighted by Crippen LogP contribution is 2.31. The smallest absolute Gasteiger partial charge is 0.255 e. The van der Waals surface area contributed by atoms with Crippen LogP contribution in [0.4, 0.5) is 0 Å². The van der Waals surface area contributed by atoms with E-state index in [2.05, 4.69) is 13.8 Å². The minimum atomic E-state index is -0.0133. The first kappa shape index (κ1) is 16.3. The van der Waals surface area contributed by atoms with Crippen molar-refractivity contribution in [3.05, 3.63) is 52.3 Å². The predicted octanol–water partition coefficient (Wildman–Crippen LogP) is 3.34. The number of hydrogen-bond donors (Lipinski definition) is 1. The van der Waals surface area contributed by atoms with Crippen molar-refractivity contribution in [3.63, 3.8) is 0 Å². The van der Waals surface area contributed by atoms with Crippen LogP contribution in [0, 0.1) is 0 Å².